The normalized spacial score (nSPS) is 12.8. The highest BCUT2D eigenvalue weighted by Crippen LogP contribution is 2.44. The number of rotatable bonds is 6. The van der Waals surface area contributed by atoms with Gasteiger partial charge in [-0.1, -0.05) is 0 Å². The zero-order valence-corrected chi connectivity index (χ0v) is 9.97. The first kappa shape index (κ1) is 13.1. The van der Waals surface area contributed by atoms with E-state index in [9.17, 15) is 4.57 Å². The average molecular weight is 209 g/mol. The molecule has 0 aliphatic heterocycles. The summed E-state index contributed by atoms with van der Waals surface area (Å²) in [4.78, 5) is 0. The molecule has 6 heteroatoms. The first-order valence-electron chi connectivity index (χ1n) is 4.15. The Hall–Kier alpha value is 0.0700. The molecule has 0 saturated carbocycles. The van der Waals surface area contributed by atoms with Crippen LogP contribution in [-0.2, 0) is 9.30 Å². The van der Waals surface area contributed by atoms with Gasteiger partial charge in [0.15, 0.2) is 0 Å². The number of nitrogens with zero attached hydrogens (tertiary/aromatic N) is 2. The molecule has 0 rings (SSSR count). The fourth-order valence-corrected chi connectivity index (χ4v) is 2.60. The van der Waals surface area contributed by atoms with Gasteiger partial charge in [0.25, 0.3) is 7.59 Å². The van der Waals surface area contributed by atoms with Crippen LogP contribution in [-0.4, -0.2) is 57.8 Å². The largest absolute Gasteiger partial charge is 0.383 e. The molecule has 0 radical (unpaired) electrons. The maximum absolute atomic E-state index is 12.2. The zero-order chi connectivity index (χ0) is 10.5. The molecule has 0 aromatic heterocycles. The molecule has 0 aromatic carbocycles. The van der Waals surface area contributed by atoms with Crippen molar-refractivity contribution in [3.05, 3.63) is 0 Å². The highest BCUT2D eigenvalue weighted by atomic mass is 31.2. The van der Waals surface area contributed by atoms with E-state index in [-0.39, 0.29) is 0 Å². The van der Waals surface area contributed by atoms with Crippen molar-refractivity contribution in [1.29, 1.82) is 0 Å². The van der Waals surface area contributed by atoms with Gasteiger partial charge in [-0.3, -0.25) is 4.57 Å². The van der Waals surface area contributed by atoms with Crippen LogP contribution >= 0.6 is 7.59 Å². The van der Waals surface area contributed by atoms with Crippen LogP contribution in [0.3, 0.4) is 0 Å². The Kier molecular flexibility index (Phi) is 5.76. The lowest BCUT2D eigenvalue weighted by Crippen LogP contribution is -2.32. The molecule has 0 bridgehead atoms. The van der Waals surface area contributed by atoms with Gasteiger partial charge in [-0.05, 0) is 28.2 Å². The van der Waals surface area contributed by atoms with Crippen LogP contribution in [0.4, 0.5) is 0 Å². The van der Waals surface area contributed by atoms with E-state index in [0.29, 0.717) is 13.2 Å². The minimum Gasteiger partial charge on any atom is -0.383 e. The molecule has 0 aliphatic carbocycles. The third-order valence-electron chi connectivity index (χ3n) is 1.71. The van der Waals surface area contributed by atoms with Crippen molar-refractivity contribution in [2.75, 3.05) is 48.5 Å². The van der Waals surface area contributed by atoms with Crippen LogP contribution in [0.5, 0.6) is 0 Å². The summed E-state index contributed by atoms with van der Waals surface area (Å²) in [5.74, 6) is 0. The Morgan fingerprint density at radius 1 is 1.23 bits per heavy atom. The molecule has 0 fully saturated rings. The van der Waals surface area contributed by atoms with Crippen molar-refractivity contribution in [1.82, 2.24) is 14.4 Å². The molecule has 0 unspecified atom stereocenters. The number of hydrogen-bond donors (Lipinski definition) is 1. The van der Waals surface area contributed by atoms with Gasteiger partial charge in [0.05, 0.1) is 6.61 Å². The fourth-order valence-electron chi connectivity index (χ4n) is 0.934. The summed E-state index contributed by atoms with van der Waals surface area (Å²) in [5, 5.41) is 2.98. The summed E-state index contributed by atoms with van der Waals surface area (Å²) >= 11 is 0. The topological polar surface area (TPSA) is 44.8 Å². The second kappa shape index (κ2) is 5.73. The summed E-state index contributed by atoms with van der Waals surface area (Å²) in [6, 6.07) is 0. The van der Waals surface area contributed by atoms with Crippen molar-refractivity contribution in [2.45, 2.75) is 0 Å². The molecule has 1 N–H and O–H groups in total. The lowest BCUT2D eigenvalue weighted by atomic mass is 10.7. The molecule has 0 atom stereocenters. The fraction of sp³-hybridized carbons (Fsp3) is 1.00. The molecule has 0 heterocycles. The van der Waals surface area contributed by atoms with Crippen LogP contribution in [0, 0.1) is 0 Å². The van der Waals surface area contributed by atoms with Gasteiger partial charge in [0.1, 0.15) is 0 Å². The minimum absolute atomic E-state index is 0.561. The Labute approximate surface area is 80.6 Å². The van der Waals surface area contributed by atoms with Gasteiger partial charge in [-0.15, -0.1) is 0 Å². The predicted octanol–water partition coefficient (Wildman–Crippen LogP) is 0.454. The van der Waals surface area contributed by atoms with Gasteiger partial charge >= 0.3 is 0 Å². The summed E-state index contributed by atoms with van der Waals surface area (Å²) in [6.45, 7) is 1.15. The van der Waals surface area contributed by atoms with E-state index in [1.807, 2.05) is 0 Å². The summed E-state index contributed by atoms with van der Waals surface area (Å²) < 4.78 is 20.4. The van der Waals surface area contributed by atoms with E-state index in [2.05, 4.69) is 5.09 Å². The predicted molar refractivity (Wildman–Crippen MR) is 54.9 cm³/mol. The van der Waals surface area contributed by atoms with Crippen molar-refractivity contribution in [3.63, 3.8) is 0 Å². The van der Waals surface area contributed by atoms with E-state index >= 15 is 0 Å². The van der Waals surface area contributed by atoms with Crippen LogP contribution in [0.15, 0.2) is 0 Å². The van der Waals surface area contributed by atoms with Crippen LogP contribution < -0.4 is 5.09 Å². The second-order valence-electron chi connectivity index (χ2n) is 3.14. The third kappa shape index (κ3) is 3.75. The molecule has 5 nitrogen and oxygen atoms in total. The molecular formula is C7H20N3O2P. The minimum atomic E-state index is -2.56. The molecule has 80 valence electrons. The highest BCUT2D eigenvalue weighted by molar-refractivity contribution is 7.56. The first-order chi connectivity index (χ1) is 5.95. The smallest absolute Gasteiger partial charge is 0.283 e. The van der Waals surface area contributed by atoms with Crippen molar-refractivity contribution in [3.8, 4) is 0 Å². The maximum atomic E-state index is 12.2. The molecule has 0 amide bonds. The number of methoxy groups -OCH3 is 1. The summed E-state index contributed by atoms with van der Waals surface area (Å²) in [7, 11) is 6.24. The monoisotopic (exact) mass is 209 g/mol. The average Bonchev–Trinajstić information content (AvgIpc) is 2.03. The highest BCUT2D eigenvalue weighted by Gasteiger charge is 2.26. The van der Waals surface area contributed by atoms with Crippen molar-refractivity contribution < 1.29 is 9.30 Å². The van der Waals surface area contributed by atoms with Crippen molar-refractivity contribution >= 4 is 7.59 Å². The van der Waals surface area contributed by atoms with E-state index in [1.54, 1.807) is 44.6 Å². The second-order valence-corrected chi connectivity index (χ2v) is 6.14. The molecule has 0 aliphatic rings. The lowest BCUT2D eigenvalue weighted by Gasteiger charge is -2.30. The molecule has 0 saturated heterocycles. The van der Waals surface area contributed by atoms with E-state index in [0.717, 1.165) is 0 Å². The molecule has 0 spiro atoms. The van der Waals surface area contributed by atoms with Crippen LogP contribution in [0.25, 0.3) is 0 Å². The van der Waals surface area contributed by atoms with Crippen molar-refractivity contribution in [2.24, 2.45) is 0 Å². The van der Waals surface area contributed by atoms with Gasteiger partial charge in [0, 0.05) is 13.7 Å². The van der Waals surface area contributed by atoms with Crippen LogP contribution in [0.2, 0.25) is 0 Å². The van der Waals surface area contributed by atoms with E-state index in [4.69, 9.17) is 4.74 Å². The lowest BCUT2D eigenvalue weighted by molar-refractivity contribution is 0.203. The maximum Gasteiger partial charge on any atom is 0.283 e. The Balaban J connectivity index is 4.18. The quantitative estimate of drug-likeness (QED) is 0.508. The molecular weight excluding hydrogens is 189 g/mol. The first-order valence-corrected chi connectivity index (χ1v) is 5.76. The standard InChI is InChI=1S/C7H20N3O2P/c1-9(2)13(11,10(3)4)8-6-7-12-5/h6-7H2,1-5H3,(H,8,11). The van der Waals surface area contributed by atoms with Gasteiger partial charge in [-0.2, -0.15) is 0 Å². The number of ether oxygens (including phenoxy) is 1. The van der Waals surface area contributed by atoms with E-state index in [1.165, 1.54) is 0 Å². The van der Waals surface area contributed by atoms with Gasteiger partial charge in [0.2, 0.25) is 0 Å². The Morgan fingerprint density at radius 2 is 1.69 bits per heavy atom. The Bertz CT molecular complexity index is 173. The van der Waals surface area contributed by atoms with E-state index < -0.39 is 7.59 Å². The zero-order valence-electron chi connectivity index (χ0n) is 9.07. The number of hydrogen-bond acceptors (Lipinski definition) is 2. The third-order valence-corrected chi connectivity index (χ3v) is 4.51. The van der Waals surface area contributed by atoms with Gasteiger partial charge < -0.3 is 4.74 Å². The Morgan fingerprint density at radius 3 is 2.00 bits per heavy atom. The van der Waals surface area contributed by atoms with Gasteiger partial charge in [-0.25, -0.2) is 14.4 Å². The molecule has 13 heavy (non-hydrogen) atoms. The summed E-state index contributed by atoms with van der Waals surface area (Å²) in [5.41, 5.74) is 0. The number of nitrogens with one attached hydrogen (secondary N) is 1. The molecule has 0 aromatic rings. The SMILES string of the molecule is COCCNP(=O)(N(C)C)N(C)C. The van der Waals surface area contributed by atoms with Crippen LogP contribution in [0.1, 0.15) is 0 Å². The summed E-state index contributed by atoms with van der Waals surface area (Å²) in [6.07, 6.45) is 0.